The van der Waals surface area contributed by atoms with Crippen LogP contribution in [0.5, 0.6) is 5.75 Å². The second kappa shape index (κ2) is 13.6. The number of nitrogens with one attached hydrogen (secondary N) is 1. The van der Waals surface area contributed by atoms with Gasteiger partial charge in [-0.15, -0.1) is 0 Å². The summed E-state index contributed by atoms with van der Waals surface area (Å²) >= 11 is 0. The molecular weight excluding hydrogens is 575 g/mol. The fourth-order valence-electron chi connectivity index (χ4n) is 5.00. The topological polar surface area (TPSA) is 96.0 Å². The molecule has 0 fully saturated rings. The van der Waals surface area contributed by atoms with Crippen molar-refractivity contribution in [3.8, 4) is 5.75 Å². The number of nitrogens with zero attached hydrogens (tertiary/aromatic N) is 2. The van der Waals surface area contributed by atoms with Crippen LogP contribution in [0.25, 0.3) is 5.70 Å². The molecule has 2 atom stereocenters. The summed E-state index contributed by atoms with van der Waals surface area (Å²) in [5, 5.41) is 2.20. The number of methoxy groups -OCH3 is 1. The van der Waals surface area contributed by atoms with Crippen LogP contribution >= 0.6 is 0 Å². The molecule has 3 amide bonds. The molecule has 1 heterocycles. The molecule has 0 saturated carbocycles. The highest BCUT2D eigenvalue weighted by atomic mass is 19.4. The monoisotopic (exact) mass is 607 g/mol. The largest absolute Gasteiger partial charge is 0.497 e. The summed E-state index contributed by atoms with van der Waals surface area (Å²) in [4.78, 5) is 55.8. The number of carbonyl (C=O) groups excluding carboxylic acids is 4. The summed E-state index contributed by atoms with van der Waals surface area (Å²) in [5.74, 6) is -3.98. The fraction of sp³-hybridized carbons (Fsp3) is 0.273. The third-order valence-electron chi connectivity index (χ3n) is 7.16. The highest BCUT2D eigenvalue weighted by molar-refractivity contribution is 6.04. The molecule has 0 aliphatic carbocycles. The van der Waals surface area contributed by atoms with Gasteiger partial charge in [0.05, 0.1) is 12.8 Å². The highest BCUT2D eigenvalue weighted by Gasteiger charge is 2.45. The van der Waals surface area contributed by atoms with E-state index in [9.17, 15) is 32.3 Å². The Kier molecular flexibility index (Phi) is 9.87. The number of rotatable bonds is 10. The molecule has 3 aromatic carbocycles. The predicted octanol–water partition coefficient (Wildman–Crippen LogP) is 4.86. The summed E-state index contributed by atoms with van der Waals surface area (Å²) in [6, 6.07) is 20.0. The van der Waals surface area contributed by atoms with Crippen molar-refractivity contribution in [3.05, 3.63) is 108 Å². The molecule has 44 heavy (non-hydrogen) atoms. The number of benzene rings is 3. The Morgan fingerprint density at radius 1 is 0.909 bits per heavy atom. The van der Waals surface area contributed by atoms with Crippen LogP contribution in [0.1, 0.15) is 35.3 Å². The van der Waals surface area contributed by atoms with E-state index in [4.69, 9.17) is 4.74 Å². The third-order valence-corrected chi connectivity index (χ3v) is 7.16. The lowest BCUT2D eigenvalue weighted by Crippen LogP contribution is -2.57. The van der Waals surface area contributed by atoms with Gasteiger partial charge in [-0.3, -0.25) is 24.1 Å². The standard InChI is InChI=1S/C33H32F3N3O5/c1-21(2)29-32(43)38(20-28(40)37-26(30(41)33(34,35)36)18-22-10-6-4-7-11-22)27(23-12-8-5-9-13-23)19-39(29)31(42)24-14-16-25(44-3)17-15-24/h4-17,19,21,26,29H,18,20H2,1-3H3,(H,37,40)/t26-,29-/m0/s1. The van der Waals surface area contributed by atoms with Crippen molar-refractivity contribution in [3.63, 3.8) is 0 Å². The molecule has 8 nitrogen and oxygen atoms in total. The van der Waals surface area contributed by atoms with Gasteiger partial charge in [0.1, 0.15) is 24.4 Å². The molecule has 0 aromatic heterocycles. The zero-order valence-corrected chi connectivity index (χ0v) is 24.4. The Labute approximate surface area is 253 Å². The number of hydrogen-bond acceptors (Lipinski definition) is 5. The molecule has 230 valence electrons. The van der Waals surface area contributed by atoms with Gasteiger partial charge in [0.15, 0.2) is 0 Å². The number of ether oxygens (including phenoxy) is 1. The lowest BCUT2D eigenvalue weighted by Gasteiger charge is -2.41. The summed E-state index contributed by atoms with van der Waals surface area (Å²) < 4.78 is 45.6. The van der Waals surface area contributed by atoms with Crippen molar-refractivity contribution in [2.24, 2.45) is 5.92 Å². The van der Waals surface area contributed by atoms with E-state index in [1.165, 1.54) is 18.2 Å². The number of ketones is 1. The van der Waals surface area contributed by atoms with Crippen molar-refractivity contribution < 1.29 is 37.1 Å². The second-order valence-electron chi connectivity index (χ2n) is 10.6. The molecule has 11 heteroatoms. The SMILES string of the molecule is COc1ccc(C(=O)N2C=C(c3ccccc3)N(CC(=O)N[C@@H](Cc3ccccc3)C(=O)C(F)(F)F)C(=O)[C@@H]2C(C)C)cc1. The van der Waals surface area contributed by atoms with Gasteiger partial charge in [0, 0.05) is 18.2 Å². The zero-order chi connectivity index (χ0) is 32.0. The Morgan fingerprint density at radius 2 is 1.50 bits per heavy atom. The number of alkyl halides is 3. The van der Waals surface area contributed by atoms with Gasteiger partial charge in [-0.25, -0.2) is 0 Å². The molecule has 0 unspecified atom stereocenters. The van der Waals surface area contributed by atoms with E-state index in [2.05, 4.69) is 5.32 Å². The van der Waals surface area contributed by atoms with E-state index < -0.39 is 54.2 Å². The van der Waals surface area contributed by atoms with Crippen LogP contribution in [0.3, 0.4) is 0 Å². The normalized spacial score (nSPS) is 15.9. The van der Waals surface area contributed by atoms with Crippen molar-refractivity contribution >= 4 is 29.2 Å². The molecular formula is C33H32F3N3O5. The third kappa shape index (κ3) is 7.34. The smallest absolute Gasteiger partial charge is 0.452 e. The van der Waals surface area contributed by atoms with Gasteiger partial charge in [-0.05, 0) is 41.3 Å². The average Bonchev–Trinajstić information content (AvgIpc) is 3.01. The van der Waals surface area contributed by atoms with Crippen LogP contribution in [0.4, 0.5) is 13.2 Å². The lowest BCUT2D eigenvalue weighted by atomic mass is 9.96. The zero-order valence-electron chi connectivity index (χ0n) is 24.4. The molecule has 1 aliphatic rings. The molecule has 0 bridgehead atoms. The van der Waals surface area contributed by atoms with Gasteiger partial charge in [0.2, 0.25) is 5.91 Å². The minimum atomic E-state index is -5.19. The molecule has 1 N–H and O–H groups in total. The van der Waals surface area contributed by atoms with Crippen molar-refractivity contribution in [1.29, 1.82) is 0 Å². The van der Waals surface area contributed by atoms with Crippen LogP contribution in [-0.2, 0) is 20.8 Å². The first-order valence-electron chi connectivity index (χ1n) is 13.9. The molecule has 0 saturated heterocycles. The van der Waals surface area contributed by atoms with E-state index in [1.54, 1.807) is 98.8 Å². The number of halogens is 3. The number of carbonyl (C=O) groups is 4. The quantitative estimate of drug-likeness (QED) is 0.355. The van der Waals surface area contributed by atoms with E-state index in [0.29, 0.717) is 22.4 Å². The van der Waals surface area contributed by atoms with Gasteiger partial charge >= 0.3 is 6.18 Å². The second-order valence-corrected chi connectivity index (χ2v) is 10.6. The van der Waals surface area contributed by atoms with Crippen molar-refractivity contribution in [1.82, 2.24) is 15.1 Å². The van der Waals surface area contributed by atoms with Gasteiger partial charge < -0.3 is 15.0 Å². The summed E-state index contributed by atoms with van der Waals surface area (Å²) in [6.07, 6.45) is -4.10. The average molecular weight is 608 g/mol. The van der Waals surface area contributed by atoms with Gasteiger partial charge in [0.25, 0.3) is 17.6 Å². The van der Waals surface area contributed by atoms with E-state index in [-0.39, 0.29) is 12.1 Å². The van der Waals surface area contributed by atoms with Crippen molar-refractivity contribution in [2.45, 2.75) is 38.5 Å². The first kappa shape index (κ1) is 32.0. The van der Waals surface area contributed by atoms with Crippen LogP contribution in [0, 0.1) is 5.92 Å². The van der Waals surface area contributed by atoms with E-state index in [1.807, 2.05) is 0 Å². The molecule has 0 radical (unpaired) electrons. The first-order chi connectivity index (χ1) is 20.9. The fourth-order valence-corrected chi connectivity index (χ4v) is 5.00. The van der Waals surface area contributed by atoms with E-state index in [0.717, 1.165) is 4.90 Å². The molecule has 0 spiro atoms. The summed E-state index contributed by atoms with van der Waals surface area (Å²) in [7, 11) is 1.50. The Balaban J connectivity index is 1.69. The van der Waals surface area contributed by atoms with Crippen molar-refractivity contribution in [2.75, 3.05) is 13.7 Å². The minimum absolute atomic E-state index is 0.200. The maximum atomic E-state index is 14.0. The molecule has 4 rings (SSSR count). The number of Topliss-reactive ketones (excluding diaryl/α,β-unsaturated/α-hetero) is 1. The molecule has 1 aliphatic heterocycles. The van der Waals surface area contributed by atoms with Crippen LogP contribution in [0.15, 0.2) is 91.1 Å². The van der Waals surface area contributed by atoms with Gasteiger partial charge in [-0.2, -0.15) is 13.2 Å². The molecule has 3 aromatic rings. The van der Waals surface area contributed by atoms with Crippen LogP contribution in [0.2, 0.25) is 0 Å². The van der Waals surface area contributed by atoms with Gasteiger partial charge in [-0.1, -0.05) is 74.5 Å². The predicted molar refractivity (Wildman–Crippen MR) is 157 cm³/mol. The lowest BCUT2D eigenvalue weighted by molar-refractivity contribution is -0.173. The Hall–Kier alpha value is -4.93. The first-order valence-corrected chi connectivity index (χ1v) is 13.9. The maximum Gasteiger partial charge on any atom is 0.452 e. The van der Waals surface area contributed by atoms with Crippen LogP contribution in [-0.4, -0.2) is 65.2 Å². The highest BCUT2D eigenvalue weighted by Crippen LogP contribution is 2.31. The van der Waals surface area contributed by atoms with Crippen LogP contribution < -0.4 is 10.1 Å². The Bertz CT molecular complexity index is 1520. The maximum absolute atomic E-state index is 14.0. The summed E-state index contributed by atoms with van der Waals surface area (Å²) in [5.41, 5.74) is 1.41. The summed E-state index contributed by atoms with van der Waals surface area (Å²) in [6.45, 7) is 2.81. The number of hydrogen-bond donors (Lipinski definition) is 1. The minimum Gasteiger partial charge on any atom is -0.497 e. The Morgan fingerprint density at radius 3 is 2.05 bits per heavy atom. The number of amides is 3. The van der Waals surface area contributed by atoms with E-state index >= 15 is 0 Å².